The molecule has 0 unspecified atom stereocenters. The van der Waals surface area contributed by atoms with E-state index in [1.54, 1.807) is 0 Å². The number of nitrogens with zero attached hydrogens (tertiary/aromatic N) is 2. The van der Waals surface area contributed by atoms with Crippen LogP contribution in [0.25, 0.3) is 0 Å². The number of hydrogen-bond donors (Lipinski definition) is 0. The van der Waals surface area contributed by atoms with Gasteiger partial charge in [-0.15, -0.1) is 0 Å². The minimum Gasteiger partial charge on any atom is -0.335 e. The lowest BCUT2D eigenvalue weighted by Crippen LogP contribution is -2.11. The molecule has 2 heteroatoms. The van der Waals surface area contributed by atoms with Crippen LogP contribution in [-0.4, -0.2) is 9.55 Å². The van der Waals surface area contributed by atoms with Crippen LogP contribution in [0.5, 0.6) is 0 Å². The van der Waals surface area contributed by atoms with Crippen molar-refractivity contribution in [1.82, 2.24) is 9.55 Å². The fourth-order valence-corrected chi connectivity index (χ4v) is 2.31. The Hall–Kier alpha value is -0.790. The molecule has 1 saturated carbocycles. The lowest BCUT2D eigenvalue weighted by Gasteiger charge is -2.21. The van der Waals surface area contributed by atoms with Crippen LogP contribution in [0.15, 0.2) is 12.4 Å². The second-order valence-corrected chi connectivity index (χ2v) is 3.91. The van der Waals surface area contributed by atoms with Crippen molar-refractivity contribution in [3.05, 3.63) is 18.2 Å². The SMILES string of the molecule is CCn1ccnc1C1CCCCC1. The van der Waals surface area contributed by atoms with Crippen LogP contribution in [0, 0.1) is 0 Å². The lowest BCUT2D eigenvalue weighted by molar-refractivity contribution is 0.417. The van der Waals surface area contributed by atoms with Gasteiger partial charge in [0.2, 0.25) is 0 Å². The summed E-state index contributed by atoms with van der Waals surface area (Å²) in [4.78, 5) is 4.47. The Bertz CT molecular complexity index is 259. The van der Waals surface area contributed by atoms with Gasteiger partial charge in [-0.25, -0.2) is 4.98 Å². The molecule has 13 heavy (non-hydrogen) atoms. The average Bonchev–Trinajstić information content (AvgIpc) is 2.67. The molecular formula is C11H18N2. The summed E-state index contributed by atoms with van der Waals surface area (Å²) in [7, 11) is 0. The summed E-state index contributed by atoms with van der Waals surface area (Å²) in [6.45, 7) is 3.25. The molecule has 1 heterocycles. The molecule has 1 aromatic heterocycles. The summed E-state index contributed by atoms with van der Waals surface area (Å²) in [5.74, 6) is 2.06. The van der Waals surface area contributed by atoms with E-state index in [4.69, 9.17) is 0 Å². The molecule has 72 valence electrons. The quantitative estimate of drug-likeness (QED) is 0.680. The van der Waals surface area contributed by atoms with Crippen LogP contribution < -0.4 is 0 Å². The van der Waals surface area contributed by atoms with E-state index in [1.807, 2.05) is 6.20 Å². The average molecular weight is 178 g/mol. The van der Waals surface area contributed by atoms with Crippen LogP contribution >= 0.6 is 0 Å². The zero-order valence-electron chi connectivity index (χ0n) is 8.37. The van der Waals surface area contributed by atoms with Crippen molar-refractivity contribution < 1.29 is 0 Å². The van der Waals surface area contributed by atoms with E-state index in [1.165, 1.54) is 37.9 Å². The van der Waals surface area contributed by atoms with Gasteiger partial charge in [-0.1, -0.05) is 19.3 Å². The monoisotopic (exact) mass is 178 g/mol. The van der Waals surface area contributed by atoms with Gasteiger partial charge < -0.3 is 4.57 Å². The molecule has 0 aromatic carbocycles. The largest absolute Gasteiger partial charge is 0.335 e. The van der Waals surface area contributed by atoms with E-state index in [0.29, 0.717) is 0 Å². The van der Waals surface area contributed by atoms with Crippen LogP contribution in [0.1, 0.15) is 50.8 Å². The molecule has 1 aliphatic rings. The minimum atomic E-state index is 0.740. The predicted molar refractivity (Wildman–Crippen MR) is 53.7 cm³/mol. The summed E-state index contributed by atoms with van der Waals surface area (Å²) in [5.41, 5.74) is 0. The molecule has 0 spiro atoms. The van der Waals surface area contributed by atoms with Crippen molar-refractivity contribution in [2.45, 2.75) is 51.5 Å². The second kappa shape index (κ2) is 3.95. The molecule has 0 bridgehead atoms. The van der Waals surface area contributed by atoms with Gasteiger partial charge in [0.1, 0.15) is 5.82 Å². The van der Waals surface area contributed by atoms with E-state index >= 15 is 0 Å². The number of imidazole rings is 1. The Morgan fingerprint density at radius 2 is 2.15 bits per heavy atom. The van der Waals surface area contributed by atoms with E-state index in [9.17, 15) is 0 Å². The maximum absolute atomic E-state index is 4.47. The summed E-state index contributed by atoms with van der Waals surface area (Å²) in [6.07, 6.45) is 10.9. The van der Waals surface area contributed by atoms with Crippen LogP contribution in [0.4, 0.5) is 0 Å². The van der Waals surface area contributed by atoms with Crippen molar-refractivity contribution >= 4 is 0 Å². The minimum absolute atomic E-state index is 0.740. The first-order valence-electron chi connectivity index (χ1n) is 5.43. The first-order chi connectivity index (χ1) is 6.42. The fraction of sp³-hybridized carbons (Fsp3) is 0.727. The maximum Gasteiger partial charge on any atom is 0.111 e. The number of aromatic nitrogens is 2. The third-order valence-corrected chi connectivity index (χ3v) is 3.06. The zero-order valence-corrected chi connectivity index (χ0v) is 8.37. The van der Waals surface area contributed by atoms with Gasteiger partial charge >= 0.3 is 0 Å². The number of hydrogen-bond acceptors (Lipinski definition) is 1. The maximum atomic E-state index is 4.47. The Morgan fingerprint density at radius 1 is 1.38 bits per heavy atom. The van der Waals surface area contributed by atoms with Crippen molar-refractivity contribution in [3.63, 3.8) is 0 Å². The van der Waals surface area contributed by atoms with Gasteiger partial charge in [0.25, 0.3) is 0 Å². The molecule has 1 fully saturated rings. The number of rotatable bonds is 2. The van der Waals surface area contributed by atoms with Crippen LogP contribution in [0.2, 0.25) is 0 Å². The third kappa shape index (κ3) is 1.77. The first kappa shape index (κ1) is 8.79. The highest BCUT2D eigenvalue weighted by molar-refractivity contribution is 5.01. The summed E-state index contributed by atoms with van der Waals surface area (Å²) in [5, 5.41) is 0. The Kier molecular flexibility index (Phi) is 2.67. The van der Waals surface area contributed by atoms with Crippen molar-refractivity contribution in [1.29, 1.82) is 0 Å². The van der Waals surface area contributed by atoms with Gasteiger partial charge in [0.15, 0.2) is 0 Å². The van der Waals surface area contributed by atoms with E-state index in [-0.39, 0.29) is 0 Å². The number of aryl methyl sites for hydroxylation is 1. The summed E-state index contributed by atoms with van der Waals surface area (Å²) < 4.78 is 2.29. The second-order valence-electron chi connectivity index (χ2n) is 3.91. The van der Waals surface area contributed by atoms with Crippen molar-refractivity contribution in [2.24, 2.45) is 0 Å². The molecule has 0 atom stereocenters. The third-order valence-electron chi connectivity index (χ3n) is 3.06. The molecule has 2 rings (SSSR count). The van der Waals surface area contributed by atoms with Gasteiger partial charge in [-0.05, 0) is 19.8 Å². The topological polar surface area (TPSA) is 17.8 Å². The van der Waals surface area contributed by atoms with Gasteiger partial charge in [0.05, 0.1) is 0 Å². The van der Waals surface area contributed by atoms with E-state index in [2.05, 4.69) is 22.7 Å². The molecule has 0 N–H and O–H groups in total. The lowest BCUT2D eigenvalue weighted by atomic mass is 9.89. The fourth-order valence-electron chi connectivity index (χ4n) is 2.31. The molecule has 1 aliphatic carbocycles. The predicted octanol–water partition coefficient (Wildman–Crippen LogP) is 2.95. The molecule has 0 amide bonds. The van der Waals surface area contributed by atoms with Crippen LogP contribution in [-0.2, 0) is 6.54 Å². The van der Waals surface area contributed by atoms with Crippen LogP contribution in [0.3, 0.4) is 0 Å². The standard InChI is InChI=1S/C11H18N2/c1-2-13-9-8-12-11(13)10-6-4-3-5-7-10/h8-10H,2-7H2,1H3. The molecule has 2 nitrogen and oxygen atoms in total. The molecular weight excluding hydrogens is 160 g/mol. The van der Waals surface area contributed by atoms with Gasteiger partial charge in [-0.2, -0.15) is 0 Å². The van der Waals surface area contributed by atoms with Gasteiger partial charge in [0, 0.05) is 24.9 Å². The van der Waals surface area contributed by atoms with E-state index in [0.717, 1.165) is 12.5 Å². The normalized spacial score (nSPS) is 19.2. The Morgan fingerprint density at radius 3 is 2.85 bits per heavy atom. The molecule has 0 saturated heterocycles. The zero-order chi connectivity index (χ0) is 9.10. The van der Waals surface area contributed by atoms with Crippen molar-refractivity contribution in [3.8, 4) is 0 Å². The smallest absolute Gasteiger partial charge is 0.111 e. The van der Waals surface area contributed by atoms with E-state index < -0.39 is 0 Å². The van der Waals surface area contributed by atoms with Crippen molar-refractivity contribution in [2.75, 3.05) is 0 Å². The Labute approximate surface area is 80.0 Å². The highest BCUT2D eigenvalue weighted by Gasteiger charge is 2.18. The summed E-state index contributed by atoms with van der Waals surface area (Å²) in [6, 6.07) is 0. The first-order valence-corrected chi connectivity index (χ1v) is 5.43. The Balaban J connectivity index is 2.13. The molecule has 0 radical (unpaired) electrons. The highest BCUT2D eigenvalue weighted by Crippen LogP contribution is 2.31. The van der Waals surface area contributed by atoms with Gasteiger partial charge in [-0.3, -0.25) is 0 Å². The highest BCUT2D eigenvalue weighted by atomic mass is 15.1. The molecule has 1 aromatic rings. The molecule has 0 aliphatic heterocycles. The summed E-state index contributed by atoms with van der Waals surface area (Å²) >= 11 is 0.